The van der Waals surface area contributed by atoms with E-state index in [9.17, 15) is 4.79 Å². The maximum atomic E-state index is 12.2. The number of hydrogen-bond acceptors (Lipinski definition) is 2. The van der Waals surface area contributed by atoms with Crippen molar-refractivity contribution in [1.82, 2.24) is 15.5 Å². The van der Waals surface area contributed by atoms with Gasteiger partial charge in [0.05, 0.1) is 0 Å². The molecule has 128 valence electrons. The zero-order valence-electron chi connectivity index (χ0n) is 15.0. The molecule has 4 nitrogen and oxygen atoms in total. The second kappa shape index (κ2) is 7.67. The summed E-state index contributed by atoms with van der Waals surface area (Å²) in [6.45, 7) is 12.1. The van der Waals surface area contributed by atoms with E-state index in [1.54, 1.807) is 0 Å². The lowest BCUT2D eigenvalue weighted by atomic mass is 9.80. The van der Waals surface area contributed by atoms with E-state index in [2.05, 4.69) is 43.2 Å². The minimum absolute atomic E-state index is 0.0106. The number of rotatable bonds is 4. The Hall–Kier alpha value is -0.770. The summed E-state index contributed by atoms with van der Waals surface area (Å²) in [5.74, 6) is 1.39. The van der Waals surface area contributed by atoms with Gasteiger partial charge in [0.1, 0.15) is 0 Å². The normalized spacial score (nSPS) is 30.8. The average Bonchev–Trinajstić information content (AvgIpc) is 2.49. The molecule has 2 N–H and O–H groups in total. The van der Waals surface area contributed by atoms with Gasteiger partial charge in [-0.25, -0.2) is 4.79 Å². The van der Waals surface area contributed by atoms with Crippen molar-refractivity contribution in [2.24, 2.45) is 11.8 Å². The Morgan fingerprint density at radius 1 is 1.14 bits per heavy atom. The molecule has 2 rings (SSSR count). The molecular weight excluding hydrogens is 274 g/mol. The zero-order chi connectivity index (χ0) is 16.2. The molecule has 0 radical (unpaired) electrons. The Kier molecular flexibility index (Phi) is 6.13. The van der Waals surface area contributed by atoms with Gasteiger partial charge in [0.2, 0.25) is 0 Å². The van der Waals surface area contributed by atoms with Crippen LogP contribution < -0.4 is 10.6 Å². The van der Waals surface area contributed by atoms with E-state index in [-0.39, 0.29) is 11.6 Å². The fraction of sp³-hybridized carbons (Fsp3) is 0.944. The number of amides is 2. The maximum Gasteiger partial charge on any atom is 0.315 e. The van der Waals surface area contributed by atoms with Gasteiger partial charge in [-0.15, -0.1) is 0 Å². The molecule has 1 saturated carbocycles. The molecule has 1 aliphatic carbocycles. The molecule has 1 saturated heterocycles. The van der Waals surface area contributed by atoms with E-state index in [1.807, 2.05) is 0 Å². The summed E-state index contributed by atoms with van der Waals surface area (Å²) in [5.41, 5.74) is 0.0461. The monoisotopic (exact) mass is 309 g/mol. The maximum absolute atomic E-state index is 12.2. The van der Waals surface area contributed by atoms with Crippen LogP contribution in [0.2, 0.25) is 0 Å². The summed E-state index contributed by atoms with van der Waals surface area (Å²) in [4.78, 5) is 14.7. The fourth-order valence-corrected chi connectivity index (χ4v) is 4.01. The largest absolute Gasteiger partial charge is 0.336 e. The van der Waals surface area contributed by atoms with Crippen molar-refractivity contribution in [1.29, 1.82) is 0 Å². The third kappa shape index (κ3) is 4.87. The van der Waals surface area contributed by atoms with Gasteiger partial charge >= 0.3 is 6.03 Å². The summed E-state index contributed by atoms with van der Waals surface area (Å²) < 4.78 is 0. The Morgan fingerprint density at radius 2 is 1.82 bits per heavy atom. The third-order valence-electron chi connectivity index (χ3n) is 5.64. The average molecular weight is 309 g/mol. The van der Waals surface area contributed by atoms with Crippen LogP contribution in [-0.2, 0) is 0 Å². The molecule has 0 unspecified atom stereocenters. The quantitative estimate of drug-likeness (QED) is 0.836. The van der Waals surface area contributed by atoms with E-state index in [4.69, 9.17) is 0 Å². The highest BCUT2D eigenvalue weighted by molar-refractivity contribution is 5.74. The molecule has 2 amide bonds. The van der Waals surface area contributed by atoms with Crippen molar-refractivity contribution < 1.29 is 4.79 Å². The van der Waals surface area contributed by atoms with E-state index < -0.39 is 0 Å². The van der Waals surface area contributed by atoms with Gasteiger partial charge in [-0.05, 0) is 70.9 Å². The predicted molar refractivity (Wildman–Crippen MR) is 92.0 cm³/mol. The second-order valence-corrected chi connectivity index (χ2v) is 8.19. The summed E-state index contributed by atoms with van der Waals surface area (Å²) in [6, 6.07) is 0.353. The Bertz CT molecular complexity index is 363. The molecule has 0 bridgehead atoms. The molecule has 2 aliphatic rings. The minimum Gasteiger partial charge on any atom is -0.336 e. The number of likely N-dealkylation sites (tertiary alicyclic amines) is 1. The smallest absolute Gasteiger partial charge is 0.315 e. The molecule has 0 aromatic carbocycles. The van der Waals surface area contributed by atoms with Crippen molar-refractivity contribution in [2.75, 3.05) is 19.6 Å². The van der Waals surface area contributed by atoms with Crippen LogP contribution in [0, 0.1) is 11.8 Å². The highest BCUT2D eigenvalue weighted by atomic mass is 16.2. The van der Waals surface area contributed by atoms with Gasteiger partial charge in [0.15, 0.2) is 0 Å². The van der Waals surface area contributed by atoms with E-state index in [0.29, 0.717) is 12.0 Å². The predicted octanol–water partition coefficient (Wildman–Crippen LogP) is 3.37. The number of carbonyl (C=O) groups excluding carboxylic acids is 1. The second-order valence-electron chi connectivity index (χ2n) is 8.19. The SMILES string of the molecule is C[C@@H]1CC[C@@H](NC(=O)NCC(C)(C)N2CCCCC2)[C@@H](C)C1. The van der Waals surface area contributed by atoms with Gasteiger partial charge in [0.25, 0.3) is 0 Å². The summed E-state index contributed by atoms with van der Waals surface area (Å²) in [6.07, 6.45) is 7.49. The van der Waals surface area contributed by atoms with Crippen molar-refractivity contribution in [2.45, 2.75) is 77.8 Å². The van der Waals surface area contributed by atoms with Crippen LogP contribution in [-0.4, -0.2) is 42.1 Å². The fourth-order valence-electron chi connectivity index (χ4n) is 4.01. The zero-order valence-corrected chi connectivity index (χ0v) is 15.0. The molecule has 22 heavy (non-hydrogen) atoms. The topological polar surface area (TPSA) is 44.4 Å². The molecule has 0 aromatic heterocycles. The standard InChI is InChI=1S/C18H35N3O/c1-14-8-9-16(15(2)12-14)20-17(22)19-13-18(3,4)21-10-6-5-7-11-21/h14-16H,5-13H2,1-4H3,(H2,19,20,22)/t14-,15+,16-/m1/s1. The number of nitrogens with zero attached hydrogens (tertiary/aromatic N) is 1. The van der Waals surface area contributed by atoms with Crippen LogP contribution in [0.1, 0.15) is 66.2 Å². The van der Waals surface area contributed by atoms with Crippen LogP contribution in [0.25, 0.3) is 0 Å². The van der Waals surface area contributed by atoms with Crippen LogP contribution in [0.5, 0.6) is 0 Å². The molecule has 4 heteroatoms. The van der Waals surface area contributed by atoms with E-state index in [0.717, 1.165) is 32.0 Å². The number of nitrogens with one attached hydrogen (secondary N) is 2. The Balaban J connectivity index is 1.74. The van der Waals surface area contributed by atoms with Gasteiger partial charge in [-0.1, -0.05) is 20.3 Å². The first-order valence-corrected chi connectivity index (χ1v) is 9.18. The molecular formula is C18H35N3O. The number of piperidine rings is 1. The molecule has 0 spiro atoms. The van der Waals surface area contributed by atoms with Crippen molar-refractivity contribution >= 4 is 6.03 Å². The Labute approximate surface area is 136 Å². The molecule has 0 aromatic rings. The summed E-state index contributed by atoms with van der Waals surface area (Å²) in [7, 11) is 0. The molecule has 1 aliphatic heterocycles. The van der Waals surface area contributed by atoms with Crippen LogP contribution in [0.4, 0.5) is 4.79 Å². The highest BCUT2D eigenvalue weighted by Gasteiger charge is 2.30. The van der Waals surface area contributed by atoms with E-state index in [1.165, 1.54) is 32.1 Å². The van der Waals surface area contributed by atoms with Crippen LogP contribution in [0.15, 0.2) is 0 Å². The number of hydrogen-bond donors (Lipinski definition) is 2. The first kappa shape index (κ1) is 17.6. The van der Waals surface area contributed by atoms with Gasteiger partial charge < -0.3 is 10.6 Å². The van der Waals surface area contributed by atoms with Gasteiger partial charge in [-0.3, -0.25) is 4.90 Å². The molecule has 2 fully saturated rings. The van der Waals surface area contributed by atoms with E-state index >= 15 is 0 Å². The van der Waals surface area contributed by atoms with Crippen molar-refractivity contribution in [3.63, 3.8) is 0 Å². The van der Waals surface area contributed by atoms with Crippen molar-refractivity contribution in [3.05, 3.63) is 0 Å². The minimum atomic E-state index is 0.0106. The summed E-state index contributed by atoms with van der Waals surface area (Å²) >= 11 is 0. The lowest BCUT2D eigenvalue weighted by Gasteiger charge is -2.41. The highest BCUT2D eigenvalue weighted by Crippen LogP contribution is 2.28. The van der Waals surface area contributed by atoms with Crippen molar-refractivity contribution in [3.8, 4) is 0 Å². The number of carbonyl (C=O) groups is 1. The lowest BCUT2D eigenvalue weighted by molar-refractivity contribution is 0.0955. The summed E-state index contributed by atoms with van der Waals surface area (Å²) in [5, 5.41) is 6.30. The lowest BCUT2D eigenvalue weighted by Crippen LogP contribution is -2.56. The third-order valence-corrected chi connectivity index (χ3v) is 5.64. The molecule has 3 atom stereocenters. The van der Waals surface area contributed by atoms with Crippen LogP contribution in [0.3, 0.4) is 0 Å². The van der Waals surface area contributed by atoms with Gasteiger partial charge in [-0.2, -0.15) is 0 Å². The molecule has 1 heterocycles. The first-order valence-electron chi connectivity index (χ1n) is 9.18. The Morgan fingerprint density at radius 3 is 2.45 bits per heavy atom. The number of urea groups is 1. The van der Waals surface area contributed by atoms with Gasteiger partial charge in [0, 0.05) is 18.1 Å². The van der Waals surface area contributed by atoms with Crippen LogP contribution >= 0.6 is 0 Å². The first-order chi connectivity index (χ1) is 10.4.